The van der Waals surface area contributed by atoms with Gasteiger partial charge in [-0.3, -0.25) is 4.79 Å². The maximum atomic E-state index is 13.2. The molecule has 0 unspecified atom stereocenters. The minimum absolute atomic E-state index is 0.0241. The average Bonchev–Trinajstić information content (AvgIpc) is 2.98. The molecule has 3 aromatic rings. The lowest BCUT2D eigenvalue weighted by Gasteiger charge is -2.70. The standard InChI is InChI=1S/C20H20FN5O2/c1-13-7-16-18(22-5-6-26(16)25-13)24-20-10-19(11-20,12-20)23-17(27)9-28-15-4-2-3-14(21)8-15/h2-8H,9-12H2,1H3,(H,22,24)(H,23,27). The Labute approximate surface area is 160 Å². The Hall–Kier alpha value is -3.16. The molecule has 8 heteroatoms. The molecule has 3 saturated carbocycles. The predicted molar refractivity (Wildman–Crippen MR) is 101 cm³/mol. The van der Waals surface area contributed by atoms with E-state index in [0.29, 0.717) is 5.75 Å². The van der Waals surface area contributed by atoms with Crippen molar-refractivity contribution in [1.29, 1.82) is 0 Å². The summed E-state index contributed by atoms with van der Waals surface area (Å²) in [5.41, 5.74) is 1.70. The van der Waals surface area contributed by atoms with Crippen LogP contribution in [0.15, 0.2) is 42.7 Å². The molecule has 6 rings (SSSR count). The van der Waals surface area contributed by atoms with Gasteiger partial charge in [0.2, 0.25) is 0 Å². The fourth-order valence-electron chi connectivity index (χ4n) is 4.48. The lowest BCUT2D eigenvalue weighted by Crippen LogP contribution is -2.81. The van der Waals surface area contributed by atoms with Crippen molar-refractivity contribution in [3.05, 3.63) is 54.2 Å². The lowest BCUT2D eigenvalue weighted by molar-refractivity contribution is -0.135. The summed E-state index contributed by atoms with van der Waals surface area (Å²) in [7, 11) is 0. The number of halogens is 1. The van der Waals surface area contributed by atoms with Gasteiger partial charge < -0.3 is 15.4 Å². The molecule has 28 heavy (non-hydrogen) atoms. The number of carbonyl (C=O) groups excluding carboxylic acids is 1. The third-order valence-electron chi connectivity index (χ3n) is 5.50. The third kappa shape index (κ3) is 2.85. The normalized spacial score (nSPS) is 24.9. The number of rotatable bonds is 6. The van der Waals surface area contributed by atoms with Crippen LogP contribution in [0.5, 0.6) is 5.75 Å². The summed E-state index contributed by atoms with van der Waals surface area (Å²) in [5, 5.41) is 11.0. The van der Waals surface area contributed by atoms with Crippen LogP contribution in [-0.4, -0.2) is 38.2 Å². The van der Waals surface area contributed by atoms with E-state index in [1.807, 2.05) is 23.7 Å². The molecule has 0 radical (unpaired) electrons. The number of aryl methyl sites for hydroxylation is 1. The summed E-state index contributed by atoms with van der Waals surface area (Å²) >= 11 is 0. The van der Waals surface area contributed by atoms with Crippen LogP contribution in [0.2, 0.25) is 0 Å². The molecule has 1 amide bonds. The Morgan fingerprint density at radius 1 is 1.29 bits per heavy atom. The van der Waals surface area contributed by atoms with Crippen LogP contribution < -0.4 is 15.4 Å². The van der Waals surface area contributed by atoms with Gasteiger partial charge in [-0.05, 0) is 44.4 Å². The van der Waals surface area contributed by atoms with Gasteiger partial charge in [0.15, 0.2) is 12.4 Å². The van der Waals surface area contributed by atoms with Crippen molar-refractivity contribution in [1.82, 2.24) is 19.9 Å². The smallest absolute Gasteiger partial charge is 0.258 e. The van der Waals surface area contributed by atoms with Crippen LogP contribution in [-0.2, 0) is 4.79 Å². The number of benzene rings is 1. The van der Waals surface area contributed by atoms with Gasteiger partial charge in [0.25, 0.3) is 5.91 Å². The molecule has 0 atom stereocenters. The van der Waals surface area contributed by atoms with E-state index in [9.17, 15) is 9.18 Å². The number of anilines is 1. The molecule has 0 saturated heterocycles. The van der Waals surface area contributed by atoms with E-state index < -0.39 is 0 Å². The molecule has 2 N–H and O–H groups in total. The van der Waals surface area contributed by atoms with E-state index in [-0.39, 0.29) is 29.4 Å². The second-order valence-electron chi connectivity index (χ2n) is 7.90. The zero-order valence-corrected chi connectivity index (χ0v) is 15.4. The monoisotopic (exact) mass is 381 g/mol. The van der Waals surface area contributed by atoms with Gasteiger partial charge in [-0.25, -0.2) is 13.9 Å². The fraction of sp³-hybridized carbons (Fsp3) is 0.350. The van der Waals surface area contributed by atoms with Crippen molar-refractivity contribution in [3.63, 3.8) is 0 Å². The van der Waals surface area contributed by atoms with Crippen LogP contribution in [0.4, 0.5) is 10.2 Å². The first-order chi connectivity index (χ1) is 13.4. The van der Waals surface area contributed by atoms with Crippen molar-refractivity contribution >= 4 is 17.2 Å². The minimum Gasteiger partial charge on any atom is -0.484 e. The molecule has 2 aromatic heterocycles. The molecule has 3 aliphatic rings. The number of hydrogen-bond donors (Lipinski definition) is 2. The largest absolute Gasteiger partial charge is 0.484 e. The number of fused-ring (bicyclic) bond motifs is 1. The number of amides is 1. The third-order valence-corrected chi connectivity index (χ3v) is 5.50. The first kappa shape index (κ1) is 17.0. The van der Waals surface area contributed by atoms with Crippen molar-refractivity contribution in [2.45, 2.75) is 37.3 Å². The summed E-state index contributed by atoms with van der Waals surface area (Å²) in [6, 6.07) is 7.78. The molecule has 3 aliphatic carbocycles. The summed E-state index contributed by atoms with van der Waals surface area (Å²) in [5.74, 6) is 0.588. The van der Waals surface area contributed by atoms with E-state index in [1.54, 1.807) is 18.3 Å². The van der Waals surface area contributed by atoms with Crippen LogP contribution in [0.3, 0.4) is 0 Å². The van der Waals surface area contributed by atoms with Crippen LogP contribution in [0.1, 0.15) is 25.0 Å². The lowest BCUT2D eigenvalue weighted by atomic mass is 9.44. The number of hydrogen-bond acceptors (Lipinski definition) is 5. The predicted octanol–water partition coefficient (Wildman–Crippen LogP) is 2.46. The van der Waals surface area contributed by atoms with Gasteiger partial charge in [-0.15, -0.1) is 0 Å². The topological polar surface area (TPSA) is 80.5 Å². The van der Waals surface area contributed by atoms with Gasteiger partial charge in [0.1, 0.15) is 17.1 Å². The maximum absolute atomic E-state index is 13.2. The SMILES string of the molecule is Cc1cc2c(NC34CC(NC(=O)COc5cccc(F)c5)(C3)C4)nccn2n1. The van der Waals surface area contributed by atoms with Gasteiger partial charge in [0.05, 0.1) is 5.69 Å². The zero-order valence-electron chi connectivity index (χ0n) is 15.4. The van der Waals surface area contributed by atoms with Crippen LogP contribution >= 0.6 is 0 Å². The molecule has 2 heterocycles. The Balaban J connectivity index is 1.16. The van der Waals surface area contributed by atoms with Crippen LogP contribution in [0, 0.1) is 12.7 Å². The molecule has 0 spiro atoms. The Bertz CT molecular complexity index is 1060. The molecule has 144 valence electrons. The Morgan fingerprint density at radius 2 is 2.11 bits per heavy atom. The number of aromatic nitrogens is 3. The highest BCUT2D eigenvalue weighted by atomic mass is 19.1. The van der Waals surface area contributed by atoms with Crippen molar-refractivity contribution in [2.24, 2.45) is 0 Å². The number of nitrogens with zero attached hydrogens (tertiary/aromatic N) is 3. The Kier molecular flexibility index (Phi) is 3.59. The highest BCUT2D eigenvalue weighted by Gasteiger charge is 2.69. The molecular weight excluding hydrogens is 361 g/mol. The summed E-state index contributed by atoms with van der Waals surface area (Å²) in [4.78, 5) is 16.7. The van der Waals surface area contributed by atoms with Gasteiger partial charge in [-0.2, -0.15) is 5.10 Å². The van der Waals surface area contributed by atoms with E-state index in [2.05, 4.69) is 20.7 Å². The number of nitrogens with one attached hydrogen (secondary N) is 2. The highest BCUT2D eigenvalue weighted by Crippen LogP contribution is 2.61. The summed E-state index contributed by atoms with van der Waals surface area (Å²) in [6.45, 7) is 1.83. The molecule has 0 aliphatic heterocycles. The fourth-order valence-corrected chi connectivity index (χ4v) is 4.48. The molecule has 7 nitrogen and oxygen atoms in total. The maximum Gasteiger partial charge on any atom is 0.258 e. The van der Waals surface area contributed by atoms with Gasteiger partial charge in [0, 0.05) is 29.5 Å². The second kappa shape index (κ2) is 5.92. The summed E-state index contributed by atoms with van der Waals surface area (Å²) < 4.78 is 20.3. The van der Waals surface area contributed by atoms with Crippen molar-refractivity contribution in [3.8, 4) is 5.75 Å². The van der Waals surface area contributed by atoms with E-state index in [1.165, 1.54) is 12.1 Å². The van der Waals surface area contributed by atoms with Crippen molar-refractivity contribution < 1.29 is 13.9 Å². The first-order valence-electron chi connectivity index (χ1n) is 9.23. The molecule has 3 fully saturated rings. The zero-order chi connectivity index (χ0) is 19.4. The molecule has 1 aromatic carbocycles. The summed E-state index contributed by atoms with van der Waals surface area (Å²) in [6.07, 6.45) is 6.11. The average molecular weight is 381 g/mol. The van der Waals surface area contributed by atoms with E-state index in [0.717, 1.165) is 36.3 Å². The van der Waals surface area contributed by atoms with E-state index >= 15 is 0 Å². The highest BCUT2D eigenvalue weighted by molar-refractivity contribution is 5.79. The van der Waals surface area contributed by atoms with E-state index in [4.69, 9.17) is 4.74 Å². The Morgan fingerprint density at radius 3 is 2.89 bits per heavy atom. The molecule has 2 bridgehead atoms. The first-order valence-corrected chi connectivity index (χ1v) is 9.23. The van der Waals surface area contributed by atoms with Gasteiger partial charge >= 0.3 is 0 Å². The molecular formula is C20H20FN5O2. The second-order valence-corrected chi connectivity index (χ2v) is 7.90. The quantitative estimate of drug-likeness (QED) is 0.686. The number of ether oxygens (including phenoxy) is 1. The minimum atomic E-state index is -0.387. The van der Waals surface area contributed by atoms with Crippen molar-refractivity contribution in [2.75, 3.05) is 11.9 Å². The number of carbonyl (C=O) groups is 1. The van der Waals surface area contributed by atoms with Crippen LogP contribution in [0.25, 0.3) is 5.52 Å². The van der Waals surface area contributed by atoms with Gasteiger partial charge in [-0.1, -0.05) is 6.07 Å².